The smallest absolute Gasteiger partial charge is 0.299 e. The van der Waals surface area contributed by atoms with Crippen molar-refractivity contribution in [3.8, 4) is 17.1 Å². The van der Waals surface area contributed by atoms with Gasteiger partial charge in [-0.1, -0.05) is 36.1 Å². The number of rotatable bonds is 6. The molecule has 2 aromatic heterocycles. The fraction of sp³-hybridized carbons (Fsp3) is 0.0526. The van der Waals surface area contributed by atoms with Crippen LogP contribution in [0.2, 0.25) is 0 Å². The molecule has 1 amide bonds. The number of nitrogens with zero attached hydrogens (tertiary/aromatic N) is 2. The van der Waals surface area contributed by atoms with Gasteiger partial charge in [-0.2, -0.15) is 0 Å². The average Bonchev–Trinajstić information content (AvgIpc) is 3.41. The lowest BCUT2D eigenvalue weighted by Crippen LogP contribution is -2.27. The van der Waals surface area contributed by atoms with E-state index in [1.54, 1.807) is 48.5 Å². The first kappa shape index (κ1) is 19.0. The lowest BCUT2D eigenvalue weighted by Gasteiger charge is -2.11. The van der Waals surface area contributed by atoms with Gasteiger partial charge in [-0.15, -0.1) is 10.1 Å². The van der Waals surface area contributed by atoms with Crippen LogP contribution in [-0.4, -0.2) is 20.2 Å². The molecule has 0 spiro atoms. The van der Waals surface area contributed by atoms with E-state index in [1.807, 2.05) is 0 Å². The van der Waals surface area contributed by atoms with Gasteiger partial charge in [-0.25, -0.2) is 0 Å². The molecule has 29 heavy (non-hydrogen) atoms. The molecule has 0 N–H and O–H groups in total. The lowest BCUT2D eigenvalue weighted by atomic mass is 10.1. The summed E-state index contributed by atoms with van der Waals surface area (Å²) in [6.45, 7) is 0.254. The molecule has 8 nitrogen and oxygen atoms in total. The Bertz CT molecular complexity index is 1120. The predicted octanol–water partition coefficient (Wildman–Crippen LogP) is 4.51. The molecular weight excluding hydrogens is 416 g/mol. The Morgan fingerprint density at radius 2 is 2.03 bits per heavy atom. The number of furan rings is 2. The molecule has 3 heterocycles. The van der Waals surface area contributed by atoms with E-state index in [0.29, 0.717) is 32.1 Å². The summed E-state index contributed by atoms with van der Waals surface area (Å²) < 4.78 is 11.5. The van der Waals surface area contributed by atoms with Crippen molar-refractivity contribution in [1.29, 1.82) is 0 Å². The molecule has 1 aliphatic heterocycles. The number of para-hydroxylation sites is 1. The molecule has 0 aliphatic carbocycles. The number of carbonyl (C=O) groups excluding carboxylic acids is 1. The summed E-state index contributed by atoms with van der Waals surface area (Å²) in [6, 6.07) is 13.3. The monoisotopic (exact) mass is 428 g/mol. The lowest BCUT2D eigenvalue weighted by molar-refractivity contribution is -0.710. The number of amides is 1. The second-order valence-electron chi connectivity index (χ2n) is 5.86. The van der Waals surface area contributed by atoms with Crippen molar-refractivity contribution in [2.24, 2.45) is 0 Å². The van der Waals surface area contributed by atoms with Crippen molar-refractivity contribution in [2.75, 3.05) is 0 Å². The van der Waals surface area contributed by atoms with Crippen LogP contribution in [0.15, 0.2) is 68.5 Å². The molecule has 0 atom stereocenters. The Morgan fingerprint density at radius 3 is 2.79 bits per heavy atom. The Kier molecular flexibility index (Phi) is 5.19. The summed E-state index contributed by atoms with van der Waals surface area (Å²) in [5, 5.41) is 9.80. The Balaban J connectivity index is 1.56. The van der Waals surface area contributed by atoms with Crippen molar-refractivity contribution in [3.05, 3.63) is 81.3 Å². The van der Waals surface area contributed by atoms with E-state index in [9.17, 15) is 14.9 Å². The molecule has 1 fully saturated rings. The minimum Gasteiger partial charge on any atom is -0.467 e. The van der Waals surface area contributed by atoms with Crippen molar-refractivity contribution in [2.45, 2.75) is 6.54 Å². The number of hydrogen-bond acceptors (Lipinski definition) is 8. The third-order valence-corrected chi connectivity index (χ3v) is 5.37. The van der Waals surface area contributed by atoms with Gasteiger partial charge in [0, 0.05) is 11.6 Å². The highest BCUT2D eigenvalue weighted by Crippen LogP contribution is 2.36. The van der Waals surface area contributed by atoms with Crippen LogP contribution in [0.4, 0.5) is 0 Å². The van der Waals surface area contributed by atoms with Crippen LogP contribution in [0, 0.1) is 10.1 Å². The number of hydrogen-bond donors (Lipinski definition) is 0. The van der Waals surface area contributed by atoms with Gasteiger partial charge in [0.25, 0.3) is 11.0 Å². The number of benzene rings is 1. The van der Waals surface area contributed by atoms with Crippen molar-refractivity contribution >= 4 is 40.3 Å². The summed E-state index contributed by atoms with van der Waals surface area (Å²) in [7, 11) is 0. The van der Waals surface area contributed by atoms with Gasteiger partial charge in [-0.05, 0) is 36.4 Å². The van der Waals surface area contributed by atoms with E-state index in [0.717, 1.165) is 0 Å². The Morgan fingerprint density at radius 1 is 1.21 bits per heavy atom. The van der Waals surface area contributed by atoms with Gasteiger partial charge < -0.3 is 8.83 Å². The molecule has 0 saturated carbocycles. The van der Waals surface area contributed by atoms with E-state index in [2.05, 4.69) is 4.84 Å². The zero-order chi connectivity index (χ0) is 20.4. The van der Waals surface area contributed by atoms with Gasteiger partial charge in [0.2, 0.25) is 0 Å². The zero-order valence-electron chi connectivity index (χ0n) is 14.6. The van der Waals surface area contributed by atoms with Gasteiger partial charge in [0.05, 0.1) is 17.7 Å². The summed E-state index contributed by atoms with van der Waals surface area (Å²) >= 11 is 6.47. The maximum Gasteiger partial charge on any atom is 0.299 e. The second kappa shape index (κ2) is 7.94. The molecule has 1 saturated heterocycles. The molecular formula is C19H12N2O6S2. The normalized spacial score (nSPS) is 15.3. The third-order valence-electron chi connectivity index (χ3n) is 3.99. The van der Waals surface area contributed by atoms with Gasteiger partial charge >= 0.3 is 0 Å². The van der Waals surface area contributed by atoms with Crippen LogP contribution >= 0.6 is 24.0 Å². The quantitative estimate of drug-likeness (QED) is 0.245. The van der Waals surface area contributed by atoms with E-state index in [1.165, 1.54) is 29.0 Å². The minimum atomic E-state index is -0.882. The zero-order valence-corrected chi connectivity index (χ0v) is 16.3. The maximum atomic E-state index is 12.7. The van der Waals surface area contributed by atoms with Gasteiger partial charge in [0.1, 0.15) is 27.4 Å². The van der Waals surface area contributed by atoms with Gasteiger partial charge in [0.15, 0.2) is 0 Å². The van der Waals surface area contributed by atoms with E-state index in [4.69, 9.17) is 21.1 Å². The molecule has 3 aromatic rings. The largest absolute Gasteiger partial charge is 0.467 e. The highest BCUT2D eigenvalue weighted by molar-refractivity contribution is 8.26. The first-order valence-electron chi connectivity index (χ1n) is 8.30. The molecule has 1 aromatic carbocycles. The van der Waals surface area contributed by atoms with Crippen molar-refractivity contribution in [1.82, 2.24) is 4.90 Å². The number of thioether (sulfide) groups is 1. The highest BCUT2D eigenvalue weighted by Gasteiger charge is 2.32. The molecule has 0 bridgehead atoms. The van der Waals surface area contributed by atoms with Crippen molar-refractivity contribution < 1.29 is 23.6 Å². The first-order chi connectivity index (χ1) is 14.0. The van der Waals surface area contributed by atoms with Crippen LogP contribution in [0.3, 0.4) is 0 Å². The van der Waals surface area contributed by atoms with Crippen LogP contribution in [0.1, 0.15) is 11.5 Å². The molecule has 0 radical (unpaired) electrons. The van der Waals surface area contributed by atoms with Crippen molar-refractivity contribution in [3.63, 3.8) is 0 Å². The first-order valence-corrected chi connectivity index (χ1v) is 9.53. The SMILES string of the molecule is O=C1C(=Cc2ccc(-c3ccccc3O[N+](=O)[O-])o2)SC(=S)N1Cc1ccco1. The van der Waals surface area contributed by atoms with Crippen LogP contribution in [0.25, 0.3) is 17.4 Å². The molecule has 0 unspecified atom stereocenters. The van der Waals surface area contributed by atoms with Crippen LogP contribution in [-0.2, 0) is 11.3 Å². The molecule has 4 rings (SSSR count). The van der Waals surface area contributed by atoms with Crippen LogP contribution in [0.5, 0.6) is 5.75 Å². The summed E-state index contributed by atoms with van der Waals surface area (Å²) in [6.07, 6.45) is 3.12. The predicted molar refractivity (Wildman–Crippen MR) is 109 cm³/mol. The summed E-state index contributed by atoms with van der Waals surface area (Å²) in [4.78, 5) is 29.8. The fourth-order valence-electron chi connectivity index (χ4n) is 2.73. The number of thiocarbonyl (C=S) groups is 1. The van der Waals surface area contributed by atoms with Gasteiger partial charge in [-0.3, -0.25) is 14.5 Å². The fourth-order valence-corrected chi connectivity index (χ4v) is 3.96. The third kappa shape index (κ3) is 4.08. The van der Waals surface area contributed by atoms with E-state index < -0.39 is 5.09 Å². The van der Waals surface area contributed by atoms with E-state index >= 15 is 0 Å². The highest BCUT2D eigenvalue weighted by atomic mass is 32.2. The summed E-state index contributed by atoms with van der Waals surface area (Å²) in [5.74, 6) is 1.23. The van der Waals surface area contributed by atoms with E-state index in [-0.39, 0.29) is 18.2 Å². The topological polar surface area (TPSA) is 99.0 Å². The molecule has 1 aliphatic rings. The average molecular weight is 428 g/mol. The number of carbonyl (C=O) groups is 1. The Hall–Kier alpha value is -3.37. The van der Waals surface area contributed by atoms with Crippen LogP contribution < -0.4 is 4.84 Å². The molecule has 10 heteroatoms. The molecule has 146 valence electrons. The minimum absolute atomic E-state index is 0.0585. The Labute approximate surface area is 173 Å². The summed E-state index contributed by atoms with van der Waals surface area (Å²) in [5.41, 5.74) is 0.425. The standard InChI is InChI=1S/C19H12N2O6S2/c22-18-17(29-19(28)20(18)11-13-4-3-9-25-13)10-12-7-8-15(26-12)14-5-1-2-6-16(14)27-21(23)24/h1-10H,11H2. The second-order valence-corrected chi connectivity index (χ2v) is 7.54. The maximum absolute atomic E-state index is 12.7.